The van der Waals surface area contributed by atoms with Crippen LogP contribution >= 0.6 is 0 Å². The lowest BCUT2D eigenvalue weighted by molar-refractivity contribution is 0.0600. The molecule has 0 spiro atoms. The minimum absolute atomic E-state index is 0. The molecule has 272 valence electrons. The van der Waals surface area contributed by atoms with Crippen molar-refractivity contribution < 1.29 is 31.0 Å². The van der Waals surface area contributed by atoms with Crippen LogP contribution in [0.5, 0.6) is 0 Å². The van der Waals surface area contributed by atoms with Crippen molar-refractivity contribution in [2.24, 2.45) is 0 Å². The van der Waals surface area contributed by atoms with Gasteiger partial charge in [-0.2, -0.15) is 9.97 Å². The number of ether oxygens (including phenoxy) is 1. The first-order chi connectivity index (χ1) is 25.9. The molecular formula is C35H37N13O5. The van der Waals surface area contributed by atoms with E-state index in [1.54, 1.807) is 85.3 Å². The van der Waals surface area contributed by atoms with Crippen LogP contribution in [0.1, 0.15) is 48.7 Å². The molecule has 18 nitrogen and oxygen atoms in total. The predicted octanol–water partition coefficient (Wildman–Crippen LogP) is 5.30. The monoisotopic (exact) mass is 719 g/mol. The SMILES string of the molecule is COC(=O)c1cncc(C(=O)Nc2n[nH]c(-c3ccccn3)n2)c1.O=C(Nc1n[nH]c(-c2ccccn2)n1)c1ccc(NC(=O)c2ccccn2)cc1.[HH].[HH].[HH].[HH].[HH]. The van der Waals surface area contributed by atoms with E-state index < -0.39 is 11.9 Å². The lowest BCUT2D eigenvalue weighted by Crippen LogP contribution is -2.15. The molecule has 3 amide bonds. The van der Waals surface area contributed by atoms with Crippen LogP contribution in [0.2, 0.25) is 0 Å². The number of hydrogen-bond acceptors (Lipinski definition) is 13. The topological polar surface area (TPSA) is 248 Å². The third-order valence-corrected chi connectivity index (χ3v) is 6.96. The summed E-state index contributed by atoms with van der Waals surface area (Å²) in [5.74, 6) is -0.676. The van der Waals surface area contributed by atoms with Gasteiger partial charge in [0.15, 0.2) is 11.6 Å². The molecule has 18 heteroatoms. The van der Waals surface area contributed by atoms with E-state index in [2.05, 4.69) is 71.0 Å². The minimum Gasteiger partial charge on any atom is -0.465 e. The van der Waals surface area contributed by atoms with Gasteiger partial charge in [0, 0.05) is 49.4 Å². The number of methoxy groups -OCH3 is 1. The van der Waals surface area contributed by atoms with Gasteiger partial charge in [-0.25, -0.2) is 4.79 Å². The third-order valence-electron chi connectivity index (χ3n) is 6.96. The van der Waals surface area contributed by atoms with Crippen molar-refractivity contribution in [3.63, 3.8) is 0 Å². The van der Waals surface area contributed by atoms with Crippen molar-refractivity contribution in [1.82, 2.24) is 50.3 Å². The van der Waals surface area contributed by atoms with Gasteiger partial charge in [0.2, 0.25) is 11.9 Å². The van der Waals surface area contributed by atoms with E-state index in [1.165, 1.54) is 25.6 Å². The standard InChI is InChI=1S/C20H15N7O2.C15H12N6O3.5H2/c28-18(25-20-24-17(26-27-20)15-5-1-3-11-21-15)13-7-9-14(10-8-13)23-19(29)16-6-2-4-12-22-16;1-24-14(23)10-6-9(7-16-8-10)13(22)19-15-18-12(20-21-15)11-4-2-3-5-17-11;;;;;/h1-12H,(H,23,29)(H2,24,25,26,27,28);2-8H,1H3,(H2,18,19,20,21,22);5*1H. The molecule has 6 aromatic heterocycles. The van der Waals surface area contributed by atoms with Crippen LogP contribution < -0.4 is 16.0 Å². The maximum atomic E-state index is 12.4. The van der Waals surface area contributed by atoms with E-state index in [0.717, 1.165) is 0 Å². The number of amides is 3. The quantitative estimate of drug-likeness (QED) is 0.119. The van der Waals surface area contributed by atoms with Crippen molar-refractivity contribution in [3.05, 3.63) is 138 Å². The van der Waals surface area contributed by atoms with E-state index in [-0.39, 0.29) is 42.0 Å². The Bertz CT molecular complexity index is 2360. The maximum Gasteiger partial charge on any atom is 0.339 e. The Hall–Kier alpha value is -8.02. The summed E-state index contributed by atoms with van der Waals surface area (Å²) in [5, 5.41) is 21.2. The Morgan fingerprint density at radius 2 is 1.15 bits per heavy atom. The van der Waals surface area contributed by atoms with Gasteiger partial charge in [-0.05, 0) is 66.7 Å². The van der Waals surface area contributed by atoms with Crippen molar-refractivity contribution in [2.75, 3.05) is 23.1 Å². The first kappa shape index (κ1) is 34.8. The van der Waals surface area contributed by atoms with Crippen LogP contribution in [-0.2, 0) is 4.74 Å². The van der Waals surface area contributed by atoms with Crippen molar-refractivity contribution in [2.45, 2.75) is 0 Å². The van der Waals surface area contributed by atoms with Crippen LogP contribution in [0.25, 0.3) is 23.0 Å². The second-order valence-corrected chi connectivity index (χ2v) is 10.6. The fourth-order valence-electron chi connectivity index (χ4n) is 4.41. The van der Waals surface area contributed by atoms with E-state index in [4.69, 9.17) is 0 Å². The highest BCUT2D eigenvalue weighted by Crippen LogP contribution is 2.16. The molecule has 0 aliphatic rings. The van der Waals surface area contributed by atoms with Crippen LogP contribution in [0.4, 0.5) is 17.6 Å². The van der Waals surface area contributed by atoms with Crippen molar-refractivity contribution >= 4 is 41.3 Å². The first-order valence-electron chi connectivity index (χ1n) is 15.5. The molecule has 0 unspecified atom stereocenters. The van der Waals surface area contributed by atoms with Gasteiger partial charge in [-0.3, -0.25) is 55.2 Å². The Labute approximate surface area is 307 Å². The number of aromatic amines is 2. The molecule has 0 saturated heterocycles. The van der Waals surface area contributed by atoms with Gasteiger partial charge >= 0.3 is 5.97 Å². The van der Waals surface area contributed by atoms with Gasteiger partial charge in [0.05, 0.1) is 18.2 Å². The zero-order valence-corrected chi connectivity index (χ0v) is 27.6. The number of nitrogens with one attached hydrogen (secondary N) is 5. The molecule has 6 heterocycles. The highest BCUT2D eigenvalue weighted by Gasteiger charge is 2.15. The molecule has 0 aliphatic carbocycles. The summed E-state index contributed by atoms with van der Waals surface area (Å²) in [6, 6.07) is 23.7. The normalized spacial score (nSPS) is 10.3. The molecule has 1 aromatic carbocycles. The minimum atomic E-state index is -0.576. The van der Waals surface area contributed by atoms with Gasteiger partial charge in [0.1, 0.15) is 17.1 Å². The number of esters is 1. The summed E-state index contributed by atoms with van der Waals surface area (Å²) in [4.78, 5) is 72.7. The number of hydrogen-bond donors (Lipinski definition) is 5. The molecular weight excluding hydrogens is 682 g/mol. The zero-order valence-electron chi connectivity index (χ0n) is 27.6. The Morgan fingerprint density at radius 3 is 1.68 bits per heavy atom. The first-order valence-corrected chi connectivity index (χ1v) is 15.5. The average molecular weight is 720 g/mol. The number of anilines is 3. The van der Waals surface area contributed by atoms with Gasteiger partial charge < -0.3 is 10.1 Å². The van der Waals surface area contributed by atoms with E-state index in [1.807, 2.05) is 12.1 Å². The number of rotatable bonds is 9. The van der Waals surface area contributed by atoms with Crippen LogP contribution in [0, 0.1) is 0 Å². The molecule has 0 saturated carbocycles. The van der Waals surface area contributed by atoms with Crippen LogP contribution in [0.3, 0.4) is 0 Å². The number of benzene rings is 1. The summed E-state index contributed by atoms with van der Waals surface area (Å²) in [6.45, 7) is 0. The van der Waals surface area contributed by atoms with Crippen molar-refractivity contribution in [3.8, 4) is 23.0 Å². The smallest absolute Gasteiger partial charge is 0.339 e. The lowest BCUT2D eigenvalue weighted by atomic mass is 10.2. The average Bonchev–Trinajstić information content (AvgIpc) is 3.89. The van der Waals surface area contributed by atoms with Gasteiger partial charge in [-0.15, -0.1) is 10.2 Å². The van der Waals surface area contributed by atoms with E-state index in [9.17, 15) is 19.2 Å². The summed E-state index contributed by atoms with van der Waals surface area (Å²) >= 11 is 0. The summed E-state index contributed by atoms with van der Waals surface area (Å²) < 4.78 is 4.59. The summed E-state index contributed by atoms with van der Waals surface area (Å²) in [7, 11) is 1.25. The Kier molecular flexibility index (Phi) is 10.9. The largest absolute Gasteiger partial charge is 0.465 e. The second kappa shape index (κ2) is 16.6. The molecule has 7 rings (SSSR count). The maximum absolute atomic E-state index is 12.4. The highest BCUT2D eigenvalue weighted by atomic mass is 16.5. The number of nitrogens with zero attached hydrogens (tertiary/aromatic N) is 8. The summed E-state index contributed by atoms with van der Waals surface area (Å²) in [5.41, 5.74) is 2.82. The number of aromatic nitrogens is 10. The number of H-pyrrole nitrogens is 2. The lowest BCUT2D eigenvalue weighted by Gasteiger charge is -2.06. The fourth-order valence-corrected chi connectivity index (χ4v) is 4.41. The molecule has 5 N–H and O–H groups in total. The zero-order chi connectivity index (χ0) is 37.0. The second-order valence-electron chi connectivity index (χ2n) is 10.6. The number of carbonyl (C=O) groups is 4. The Morgan fingerprint density at radius 1 is 0.604 bits per heavy atom. The van der Waals surface area contributed by atoms with E-state index in [0.29, 0.717) is 40.0 Å². The summed E-state index contributed by atoms with van der Waals surface area (Å²) in [6.07, 6.45) is 7.46. The third kappa shape index (κ3) is 9.16. The number of carbonyl (C=O) groups excluding carboxylic acids is 4. The molecule has 53 heavy (non-hydrogen) atoms. The molecule has 0 aliphatic heterocycles. The predicted molar refractivity (Wildman–Crippen MR) is 200 cm³/mol. The molecule has 0 radical (unpaired) electrons. The molecule has 7 aromatic rings. The Balaban J connectivity index is 0.000000542. The van der Waals surface area contributed by atoms with Crippen LogP contribution in [0.15, 0.2) is 116 Å². The molecule has 0 fully saturated rings. The molecule has 0 atom stereocenters. The fraction of sp³-hybridized carbons (Fsp3) is 0.0286. The molecule has 0 bridgehead atoms. The van der Waals surface area contributed by atoms with Crippen molar-refractivity contribution in [1.29, 1.82) is 0 Å². The highest BCUT2D eigenvalue weighted by molar-refractivity contribution is 6.06. The number of pyridine rings is 4. The van der Waals surface area contributed by atoms with Crippen LogP contribution in [-0.4, -0.2) is 81.1 Å². The van der Waals surface area contributed by atoms with Gasteiger partial charge in [-0.1, -0.05) is 18.2 Å². The van der Waals surface area contributed by atoms with Gasteiger partial charge in [0.25, 0.3) is 17.7 Å². The van der Waals surface area contributed by atoms with E-state index >= 15 is 0 Å².